The van der Waals surface area contributed by atoms with E-state index in [4.69, 9.17) is 5.26 Å². The maximum absolute atomic E-state index is 14.2. The smallest absolute Gasteiger partial charge is 0.324 e. The normalized spacial score (nSPS) is 21.0. The van der Waals surface area contributed by atoms with Crippen LogP contribution in [0.3, 0.4) is 0 Å². The second-order valence-corrected chi connectivity index (χ2v) is 10.6. The quantitative estimate of drug-likeness (QED) is 0.658. The molecular formula is C26H29F2N5O. The number of aromatic nitrogens is 1. The van der Waals surface area contributed by atoms with E-state index in [1.807, 2.05) is 21.9 Å². The zero-order valence-electron chi connectivity index (χ0n) is 19.7. The van der Waals surface area contributed by atoms with Crippen molar-refractivity contribution >= 4 is 11.7 Å². The third kappa shape index (κ3) is 3.92. The molecule has 4 heterocycles. The van der Waals surface area contributed by atoms with Crippen LogP contribution in [0.4, 0.5) is 19.3 Å². The number of urea groups is 1. The number of hydrogen-bond acceptors (Lipinski definition) is 4. The highest BCUT2D eigenvalue weighted by atomic mass is 19.1. The summed E-state index contributed by atoms with van der Waals surface area (Å²) in [5, 5.41) is 9.05. The lowest BCUT2D eigenvalue weighted by Gasteiger charge is -2.39. The Balaban J connectivity index is 1.22. The Morgan fingerprint density at radius 2 is 1.85 bits per heavy atom. The van der Waals surface area contributed by atoms with Crippen LogP contribution in [0.25, 0.3) is 0 Å². The molecule has 2 aromatic rings. The molecule has 1 aromatic heterocycles. The molecule has 8 heteroatoms. The monoisotopic (exact) mass is 465 g/mol. The average molecular weight is 466 g/mol. The number of carbonyl (C=O) groups excluding carboxylic acids is 1. The summed E-state index contributed by atoms with van der Waals surface area (Å²) in [7, 11) is 0. The predicted molar refractivity (Wildman–Crippen MR) is 124 cm³/mol. The van der Waals surface area contributed by atoms with Crippen LogP contribution in [-0.2, 0) is 12.0 Å². The van der Waals surface area contributed by atoms with E-state index in [0.717, 1.165) is 62.9 Å². The van der Waals surface area contributed by atoms with Crippen LogP contribution in [0, 0.1) is 28.4 Å². The van der Waals surface area contributed by atoms with E-state index in [-0.39, 0.29) is 22.4 Å². The Bertz CT molecular complexity index is 1170. The van der Waals surface area contributed by atoms with Crippen molar-refractivity contribution in [1.29, 1.82) is 5.26 Å². The van der Waals surface area contributed by atoms with Crippen LogP contribution < -0.4 is 4.90 Å². The number of nitrogens with zero attached hydrogens (tertiary/aromatic N) is 5. The molecule has 0 aliphatic carbocycles. The van der Waals surface area contributed by atoms with Crippen LogP contribution in [0.5, 0.6) is 0 Å². The fourth-order valence-electron chi connectivity index (χ4n) is 5.77. The second-order valence-electron chi connectivity index (χ2n) is 10.6. The van der Waals surface area contributed by atoms with Crippen LogP contribution >= 0.6 is 0 Å². The molecule has 1 spiro atoms. The number of carbonyl (C=O) groups is 1. The summed E-state index contributed by atoms with van der Waals surface area (Å²) in [6.07, 6.45) is 4.60. The van der Waals surface area contributed by atoms with Gasteiger partial charge in [0.25, 0.3) is 0 Å². The number of nitriles is 1. The molecule has 34 heavy (non-hydrogen) atoms. The summed E-state index contributed by atoms with van der Waals surface area (Å²) in [5.74, 6) is -1.44. The maximum atomic E-state index is 14.2. The summed E-state index contributed by atoms with van der Waals surface area (Å²) in [4.78, 5) is 24.0. The van der Waals surface area contributed by atoms with Gasteiger partial charge in [0.05, 0.1) is 16.9 Å². The largest absolute Gasteiger partial charge is 0.324 e. The zero-order valence-corrected chi connectivity index (χ0v) is 19.7. The van der Waals surface area contributed by atoms with E-state index in [2.05, 4.69) is 23.7 Å². The number of hydrogen-bond donors (Lipinski definition) is 0. The highest BCUT2D eigenvalue weighted by molar-refractivity contribution is 5.94. The molecule has 0 atom stereocenters. The van der Waals surface area contributed by atoms with Crippen LogP contribution in [-0.4, -0.2) is 53.5 Å². The molecule has 3 aliphatic rings. The molecule has 2 amide bonds. The highest BCUT2D eigenvalue weighted by Crippen LogP contribution is 2.43. The minimum Gasteiger partial charge on any atom is -0.324 e. The number of likely N-dealkylation sites (tertiary alicyclic amines) is 2. The molecule has 0 N–H and O–H groups in total. The number of anilines is 1. The van der Waals surface area contributed by atoms with Crippen molar-refractivity contribution in [3.05, 3.63) is 58.9 Å². The van der Waals surface area contributed by atoms with Gasteiger partial charge in [-0.05, 0) is 56.0 Å². The molecule has 0 unspecified atom stereocenters. The van der Waals surface area contributed by atoms with Gasteiger partial charge in [0.1, 0.15) is 17.7 Å². The minimum absolute atomic E-state index is 0.0524. The summed E-state index contributed by atoms with van der Waals surface area (Å²) in [5.41, 5.74) is 2.01. The lowest BCUT2D eigenvalue weighted by atomic mass is 9.77. The average Bonchev–Trinajstić information content (AvgIpc) is 3.36. The molecule has 1 aromatic carbocycles. The van der Waals surface area contributed by atoms with Crippen molar-refractivity contribution in [1.82, 2.24) is 14.8 Å². The van der Waals surface area contributed by atoms with E-state index in [1.54, 1.807) is 12.3 Å². The first-order valence-electron chi connectivity index (χ1n) is 11.8. The molecule has 2 fully saturated rings. The van der Waals surface area contributed by atoms with E-state index in [9.17, 15) is 13.6 Å². The molecule has 6 nitrogen and oxygen atoms in total. The number of benzene rings is 1. The first kappa shape index (κ1) is 22.7. The highest BCUT2D eigenvalue weighted by Gasteiger charge is 2.46. The van der Waals surface area contributed by atoms with E-state index in [0.29, 0.717) is 18.7 Å². The third-order valence-electron chi connectivity index (χ3n) is 7.78. The first-order valence-corrected chi connectivity index (χ1v) is 11.8. The van der Waals surface area contributed by atoms with Crippen LogP contribution in [0.2, 0.25) is 0 Å². The van der Waals surface area contributed by atoms with Gasteiger partial charge in [-0.1, -0.05) is 13.8 Å². The second kappa shape index (κ2) is 8.31. The van der Waals surface area contributed by atoms with Crippen molar-refractivity contribution in [2.75, 3.05) is 37.6 Å². The molecule has 178 valence electrons. The van der Waals surface area contributed by atoms with Crippen molar-refractivity contribution in [3.63, 3.8) is 0 Å². The summed E-state index contributed by atoms with van der Waals surface area (Å²) < 4.78 is 27.9. The van der Waals surface area contributed by atoms with E-state index in [1.165, 1.54) is 6.07 Å². The summed E-state index contributed by atoms with van der Waals surface area (Å²) in [6, 6.07) is 7.81. The lowest BCUT2D eigenvalue weighted by molar-refractivity contribution is 0.105. The Morgan fingerprint density at radius 1 is 1.12 bits per heavy atom. The fraction of sp³-hybridized carbons (Fsp3) is 0.500. The van der Waals surface area contributed by atoms with Crippen molar-refractivity contribution < 1.29 is 13.6 Å². The summed E-state index contributed by atoms with van der Waals surface area (Å²) in [6.45, 7) is 8.26. The van der Waals surface area contributed by atoms with Crippen molar-refractivity contribution in [3.8, 4) is 6.07 Å². The lowest BCUT2D eigenvalue weighted by Crippen LogP contribution is -2.46. The van der Waals surface area contributed by atoms with E-state index >= 15 is 0 Å². The van der Waals surface area contributed by atoms with E-state index < -0.39 is 11.6 Å². The van der Waals surface area contributed by atoms with Gasteiger partial charge in [-0.2, -0.15) is 5.26 Å². The van der Waals surface area contributed by atoms with Gasteiger partial charge in [0.2, 0.25) is 0 Å². The Hall–Kier alpha value is -3.05. The van der Waals surface area contributed by atoms with Gasteiger partial charge < -0.3 is 4.90 Å². The maximum Gasteiger partial charge on any atom is 0.324 e. The molecule has 5 rings (SSSR count). The first-order chi connectivity index (χ1) is 16.2. The molecule has 3 aliphatic heterocycles. The minimum atomic E-state index is -0.822. The fourth-order valence-corrected chi connectivity index (χ4v) is 5.77. The molecule has 0 saturated carbocycles. The summed E-state index contributed by atoms with van der Waals surface area (Å²) >= 11 is 0. The topological polar surface area (TPSA) is 63.5 Å². The Kier molecular flexibility index (Phi) is 5.56. The molecular weight excluding hydrogens is 436 g/mol. The Morgan fingerprint density at radius 3 is 2.59 bits per heavy atom. The van der Waals surface area contributed by atoms with Gasteiger partial charge in [-0.15, -0.1) is 0 Å². The van der Waals surface area contributed by atoms with Crippen molar-refractivity contribution in [2.45, 2.75) is 45.1 Å². The van der Waals surface area contributed by atoms with Gasteiger partial charge >= 0.3 is 6.03 Å². The van der Waals surface area contributed by atoms with Gasteiger partial charge in [-0.3, -0.25) is 14.8 Å². The number of halogens is 2. The predicted octanol–water partition coefficient (Wildman–Crippen LogP) is 4.44. The van der Waals surface area contributed by atoms with Crippen molar-refractivity contribution in [2.24, 2.45) is 5.41 Å². The number of fused-ring (bicyclic) bond motifs is 1. The Labute approximate surface area is 198 Å². The van der Waals surface area contributed by atoms with Gasteiger partial charge in [-0.25, -0.2) is 13.6 Å². The standard InChI is InChI=1S/C26H29F2N5O/c1-25(2)16-33(22-4-3-8-30-23(22)25)24(34)32-11-7-26(17-32)5-9-31(10-6-26)15-19-12-18(14-29)20(27)13-21(19)28/h3-4,8,12-13H,5-7,9-11,15-17H2,1-2H3. The SMILES string of the molecule is CC1(C)CN(C(=O)N2CCC3(CCN(Cc4cc(C#N)c(F)cc4F)CC3)C2)c2cccnc21. The number of piperidine rings is 1. The molecule has 2 saturated heterocycles. The number of amides is 2. The molecule has 0 radical (unpaired) electrons. The van der Waals surface area contributed by atoms with Gasteiger partial charge in [0, 0.05) is 49.4 Å². The van der Waals surface area contributed by atoms with Gasteiger partial charge in [0.15, 0.2) is 0 Å². The van der Waals surface area contributed by atoms with Crippen LogP contribution in [0.15, 0.2) is 30.5 Å². The number of pyridine rings is 1. The number of rotatable bonds is 2. The van der Waals surface area contributed by atoms with Crippen LogP contribution in [0.1, 0.15) is 49.9 Å². The zero-order chi connectivity index (χ0) is 24.1. The molecule has 0 bridgehead atoms. The third-order valence-corrected chi connectivity index (χ3v) is 7.78.